The Balaban J connectivity index is 2.16. The van der Waals surface area contributed by atoms with Gasteiger partial charge in [0.05, 0.1) is 12.7 Å². The van der Waals surface area contributed by atoms with Crippen LogP contribution in [-0.4, -0.2) is 19.4 Å². The molecular formula is C16H14O4. The van der Waals surface area contributed by atoms with Crippen LogP contribution in [0.2, 0.25) is 0 Å². The lowest BCUT2D eigenvalue weighted by Gasteiger charge is -2.08. The smallest absolute Gasteiger partial charge is 0.337 e. The molecule has 102 valence electrons. The molecule has 2 aromatic carbocycles. The van der Waals surface area contributed by atoms with E-state index >= 15 is 0 Å². The first-order valence-corrected chi connectivity index (χ1v) is 6.06. The molecule has 0 unspecified atom stereocenters. The number of hydrogen-bond acceptors (Lipinski definition) is 4. The molecule has 4 heteroatoms. The number of aldehydes is 1. The van der Waals surface area contributed by atoms with Crippen LogP contribution in [0.1, 0.15) is 26.3 Å². The molecule has 0 fully saturated rings. The summed E-state index contributed by atoms with van der Waals surface area (Å²) < 4.78 is 10.3. The molecule has 0 saturated carbocycles. The highest BCUT2D eigenvalue weighted by Crippen LogP contribution is 2.23. The molecule has 0 aliphatic carbocycles. The molecule has 0 N–H and O–H groups in total. The van der Waals surface area contributed by atoms with E-state index in [1.54, 1.807) is 42.5 Å². The first-order chi connectivity index (χ1) is 9.63. The topological polar surface area (TPSA) is 52.6 Å². The molecule has 0 amide bonds. The van der Waals surface area contributed by atoms with Crippen molar-refractivity contribution < 1.29 is 19.1 Å². The van der Waals surface area contributed by atoms with Crippen LogP contribution in [0.3, 0.4) is 0 Å². The van der Waals surface area contributed by atoms with E-state index < -0.39 is 0 Å². The number of carbonyl (C=O) groups excluding carboxylic acids is 2. The minimum absolute atomic E-state index is 0.386. The highest BCUT2D eigenvalue weighted by Gasteiger charge is 2.06. The Kier molecular flexibility index (Phi) is 4.15. The molecule has 0 spiro atoms. The van der Waals surface area contributed by atoms with E-state index in [1.807, 2.05) is 6.92 Å². The van der Waals surface area contributed by atoms with Crippen LogP contribution in [0, 0.1) is 6.92 Å². The van der Waals surface area contributed by atoms with Crippen molar-refractivity contribution in [3.63, 3.8) is 0 Å². The normalized spacial score (nSPS) is 9.90. The number of rotatable bonds is 4. The van der Waals surface area contributed by atoms with Crippen molar-refractivity contribution in [1.82, 2.24) is 0 Å². The zero-order valence-corrected chi connectivity index (χ0v) is 11.3. The van der Waals surface area contributed by atoms with Gasteiger partial charge in [0.15, 0.2) is 0 Å². The molecule has 0 heterocycles. The van der Waals surface area contributed by atoms with Crippen LogP contribution in [-0.2, 0) is 4.74 Å². The number of aryl methyl sites for hydroxylation is 1. The minimum atomic E-state index is -0.386. The molecule has 0 aliphatic heterocycles. The second kappa shape index (κ2) is 6.02. The molecule has 0 saturated heterocycles. The fourth-order valence-corrected chi connectivity index (χ4v) is 1.76. The molecule has 4 nitrogen and oxygen atoms in total. The fourth-order valence-electron chi connectivity index (χ4n) is 1.76. The molecule has 0 radical (unpaired) electrons. The van der Waals surface area contributed by atoms with Crippen molar-refractivity contribution in [1.29, 1.82) is 0 Å². The first-order valence-electron chi connectivity index (χ1n) is 6.06. The van der Waals surface area contributed by atoms with Gasteiger partial charge in [-0.2, -0.15) is 0 Å². The van der Waals surface area contributed by atoms with Gasteiger partial charge in [-0.05, 0) is 55.0 Å². The van der Waals surface area contributed by atoms with E-state index in [2.05, 4.69) is 4.74 Å². The van der Waals surface area contributed by atoms with Crippen molar-refractivity contribution in [2.75, 3.05) is 7.11 Å². The maximum absolute atomic E-state index is 11.3. The summed E-state index contributed by atoms with van der Waals surface area (Å²) in [5.74, 6) is 0.859. The highest BCUT2D eigenvalue weighted by atomic mass is 16.5. The fraction of sp³-hybridized carbons (Fsp3) is 0.125. The first kappa shape index (κ1) is 13.8. The van der Waals surface area contributed by atoms with Crippen LogP contribution in [0.15, 0.2) is 42.5 Å². The number of methoxy groups -OCH3 is 1. The quantitative estimate of drug-likeness (QED) is 0.631. The Labute approximate surface area is 116 Å². The summed E-state index contributed by atoms with van der Waals surface area (Å²) >= 11 is 0. The van der Waals surface area contributed by atoms with E-state index in [9.17, 15) is 9.59 Å². The summed E-state index contributed by atoms with van der Waals surface area (Å²) in [6, 6.07) is 11.9. The van der Waals surface area contributed by atoms with Crippen LogP contribution >= 0.6 is 0 Å². The summed E-state index contributed by atoms with van der Waals surface area (Å²) in [5, 5.41) is 0. The lowest BCUT2D eigenvalue weighted by molar-refractivity contribution is 0.0600. The summed E-state index contributed by atoms with van der Waals surface area (Å²) in [6.45, 7) is 1.84. The van der Waals surface area contributed by atoms with Gasteiger partial charge in [0.25, 0.3) is 0 Å². The Hall–Kier alpha value is -2.62. The molecule has 0 aliphatic rings. The Morgan fingerprint density at radius 2 is 1.70 bits per heavy atom. The molecular weight excluding hydrogens is 256 g/mol. The second-order valence-corrected chi connectivity index (χ2v) is 4.25. The molecule has 0 bridgehead atoms. The monoisotopic (exact) mass is 270 g/mol. The summed E-state index contributed by atoms with van der Waals surface area (Å²) in [4.78, 5) is 22.0. The van der Waals surface area contributed by atoms with Crippen molar-refractivity contribution >= 4 is 12.3 Å². The van der Waals surface area contributed by atoms with E-state index in [4.69, 9.17) is 4.74 Å². The minimum Gasteiger partial charge on any atom is -0.465 e. The lowest BCUT2D eigenvalue weighted by atomic mass is 10.1. The molecule has 2 aromatic rings. The van der Waals surface area contributed by atoms with Gasteiger partial charge >= 0.3 is 5.97 Å². The zero-order chi connectivity index (χ0) is 14.5. The number of benzene rings is 2. The van der Waals surface area contributed by atoms with Crippen molar-refractivity contribution in [3.05, 3.63) is 59.2 Å². The van der Waals surface area contributed by atoms with Gasteiger partial charge in [0.1, 0.15) is 17.8 Å². The van der Waals surface area contributed by atoms with Crippen molar-refractivity contribution in [2.45, 2.75) is 6.92 Å². The van der Waals surface area contributed by atoms with Gasteiger partial charge in [-0.3, -0.25) is 4.79 Å². The predicted molar refractivity (Wildman–Crippen MR) is 74.4 cm³/mol. The third-order valence-electron chi connectivity index (χ3n) is 2.88. The molecule has 0 aromatic heterocycles. The molecule has 0 atom stereocenters. The SMILES string of the molecule is COC(=O)c1ccc(Oc2ccc(C=O)c(C)c2)cc1. The Bertz CT molecular complexity index is 629. The Morgan fingerprint density at radius 1 is 1.05 bits per heavy atom. The molecule has 20 heavy (non-hydrogen) atoms. The largest absolute Gasteiger partial charge is 0.465 e. The van der Waals surface area contributed by atoms with Gasteiger partial charge in [-0.15, -0.1) is 0 Å². The van der Waals surface area contributed by atoms with E-state index in [1.165, 1.54) is 7.11 Å². The van der Waals surface area contributed by atoms with Gasteiger partial charge in [0, 0.05) is 5.56 Å². The summed E-state index contributed by atoms with van der Waals surface area (Å²) in [6.07, 6.45) is 0.810. The van der Waals surface area contributed by atoms with E-state index in [-0.39, 0.29) is 5.97 Å². The van der Waals surface area contributed by atoms with Crippen LogP contribution in [0.5, 0.6) is 11.5 Å². The Morgan fingerprint density at radius 3 is 2.25 bits per heavy atom. The predicted octanol–water partition coefficient (Wildman–Crippen LogP) is 3.39. The molecule has 2 rings (SSSR count). The summed E-state index contributed by atoms with van der Waals surface area (Å²) in [7, 11) is 1.34. The maximum atomic E-state index is 11.3. The number of esters is 1. The van der Waals surface area contributed by atoms with Crippen molar-refractivity contribution in [3.8, 4) is 11.5 Å². The van der Waals surface area contributed by atoms with Crippen LogP contribution in [0.4, 0.5) is 0 Å². The third kappa shape index (κ3) is 3.03. The highest BCUT2D eigenvalue weighted by molar-refractivity contribution is 5.89. The van der Waals surface area contributed by atoms with Crippen LogP contribution in [0.25, 0.3) is 0 Å². The average Bonchev–Trinajstić information content (AvgIpc) is 2.47. The van der Waals surface area contributed by atoms with E-state index in [0.717, 1.165) is 11.8 Å². The number of ether oxygens (including phenoxy) is 2. The van der Waals surface area contributed by atoms with Gasteiger partial charge in [-0.25, -0.2) is 4.79 Å². The average molecular weight is 270 g/mol. The van der Waals surface area contributed by atoms with Crippen LogP contribution < -0.4 is 4.74 Å². The third-order valence-corrected chi connectivity index (χ3v) is 2.88. The second-order valence-electron chi connectivity index (χ2n) is 4.25. The van der Waals surface area contributed by atoms with Gasteiger partial charge in [0.2, 0.25) is 0 Å². The van der Waals surface area contributed by atoms with Gasteiger partial charge in [-0.1, -0.05) is 0 Å². The van der Waals surface area contributed by atoms with Crippen molar-refractivity contribution in [2.24, 2.45) is 0 Å². The standard InChI is InChI=1S/C16H14O4/c1-11-9-15(8-5-13(11)10-17)20-14-6-3-12(4-7-14)16(18)19-2/h3-10H,1-2H3. The number of hydrogen-bond donors (Lipinski definition) is 0. The number of carbonyl (C=O) groups is 2. The maximum Gasteiger partial charge on any atom is 0.337 e. The lowest BCUT2D eigenvalue weighted by Crippen LogP contribution is -2.00. The van der Waals surface area contributed by atoms with E-state index in [0.29, 0.717) is 22.6 Å². The summed E-state index contributed by atoms with van der Waals surface area (Å²) in [5.41, 5.74) is 1.95. The zero-order valence-electron chi connectivity index (χ0n) is 11.3. The van der Waals surface area contributed by atoms with Gasteiger partial charge < -0.3 is 9.47 Å².